The highest BCUT2D eigenvalue weighted by Gasteiger charge is 2.52. The molecule has 0 amide bonds. The molecular weight excluding hydrogens is 560 g/mol. The lowest BCUT2D eigenvalue weighted by atomic mass is 9.60. The van der Waals surface area contributed by atoms with Crippen LogP contribution in [0.2, 0.25) is 0 Å². The third kappa shape index (κ3) is 5.79. The first-order chi connectivity index (χ1) is 21.2. The van der Waals surface area contributed by atoms with Gasteiger partial charge < -0.3 is 24.8 Å². The Bertz CT molecular complexity index is 1580. The van der Waals surface area contributed by atoms with Gasteiger partial charge in [0.2, 0.25) is 0 Å². The summed E-state index contributed by atoms with van der Waals surface area (Å²) in [6.07, 6.45) is 4.27. The molecule has 2 bridgehead atoms. The van der Waals surface area contributed by atoms with Crippen LogP contribution < -0.4 is 4.74 Å². The molecule has 0 unspecified atom stereocenters. The van der Waals surface area contributed by atoms with Crippen LogP contribution in [0.1, 0.15) is 92.4 Å². The number of cyclic esters (lactones) is 1. The predicted molar refractivity (Wildman–Crippen MR) is 161 cm³/mol. The molecule has 2 saturated carbocycles. The molecule has 0 radical (unpaired) electrons. The first-order valence-corrected chi connectivity index (χ1v) is 15.6. The summed E-state index contributed by atoms with van der Waals surface area (Å²) in [5.41, 5.74) is 1.63. The van der Waals surface area contributed by atoms with Crippen LogP contribution in [0.15, 0.2) is 48.0 Å². The van der Waals surface area contributed by atoms with Crippen LogP contribution in [0.4, 0.5) is 0 Å². The molecule has 44 heavy (non-hydrogen) atoms. The number of ketones is 1. The SMILES string of the molecule is C/C=C1/C[C@@H](c2cccc(CO)c2)C#C[C@H]2CC(=O)Oc3cc(O)c(cc32)C[C@H]([C@]2(O)CCC[C@@H]3CC(=O)CC[C@H]32)OC1=O. The number of hydrogen-bond donors (Lipinski definition) is 3. The number of aromatic hydroxyl groups is 1. The van der Waals surface area contributed by atoms with Crippen molar-refractivity contribution in [1.82, 2.24) is 0 Å². The monoisotopic (exact) mass is 598 g/mol. The zero-order valence-corrected chi connectivity index (χ0v) is 24.9. The Kier molecular flexibility index (Phi) is 8.36. The van der Waals surface area contributed by atoms with Crippen molar-refractivity contribution in [2.75, 3.05) is 0 Å². The summed E-state index contributed by atoms with van der Waals surface area (Å²) in [7, 11) is 0. The Morgan fingerprint density at radius 1 is 1.02 bits per heavy atom. The van der Waals surface area contributed by atoms with Crippen molar-refractivity contribution in [3.05, 3.63) is 70.3 Å². The number of allylic oxidation sites excluding steroid dienone is 1. The number of hydrogen-bond acceptors (Lipinski definition) is 8. The summed E-state index contributed by atoms with van der Waals surface area (Å²) >= 11 is 0. The predicted octanol–water partition coefficient (Wildman–Crippen LogP) is 4.77. The number of carbonyl (C=O) groups is 3. The standard InChI is InChI=1S/C36H38O8/c1-2-22-14-24(23-6-3-5-21(13-23)20-37)8-9-25-18-34(40)43-32-19-31(39)27(16-29(25)32)17-33(44-35(22)41)36(42)12-4-7-26-15-28(38)10-11-30(26)36/h2-3,5-6,13,16,19,24-26,30,33,37,39,42H,4,7,10-12,14-15,17-18,20H2,1H3/b22-2-/t24-,25-,26+,30+,33+,36-/m0/s1. The molecule has 2 aliphatic heterocycles. The Labute approximate surface area is 257 Å². The summed E-state index contributed by atoms with van der Waals surface area (Å²) in [6, 6.07) is 10.5. The van der Waals surface area contributed by atoms with Crippen molar-refractivity contribution >= 4 is 17.7 Å². The second-order valence-electron chi connectivity index (χ2n) is 12.6. The van der Waals surface area contributed by atoms with E-state index < -0.39 is 35.5 Å². The maximum absolute atomic E-state index is 13.9. The molecule has 2 heterocycles. The van der Waals surface area contributed by atoms with Crippen molar-refractivity contribution in [3.63, 3.8) is 0 Å². The van der Waals surface area contributed by atoms with E-state index in [0.717, 1.165) is 12.0 Å². The normalized spacial score (nSPS) is 31.3. The summed E-state index contributed by atoms with van der Waals surface area (Å²) in [5, 5.41) is 33.3. The lowest BCUT2D eigenvalue weighted by Gasteiger charge is -2.50. The van der Waals surface area contributed by atoms with E-state index in [9.17, 15) is 29.7 Å². The largest absolute Gasteiger partial charge is 0.508 e. The zero-order chi connectivity index (χ0) is 31.0. The van der Waals surface area contributed by atoms with E-state index in [0.29, 0.717) is 54.4 Å². The van der Waals surface area contributed by atoms with E-state index in [4.69, 9.17) is 9.47 Å². The Morgan fingerprint density at radius 3 is 2.64 bits per heavy atom. The molecule has 2 aromatic rings. The molecule has 4 aliphatic rings. The number of carbonyl (C=O) groups excluding carboxylic acids is 3. The average molecular weight is 599 g/mol. The topological polar surface area (TPSA) is 130 Å². The van der Waals surface area contributed by atoms with Gasteiger partial charge in [-0.15, -0.1) is 0 Å². The van der Waals surface area contributed by atoms with Crippen LogP contribution in [-0.2, 0) is 32.1 Å². The second-order valence-corrected chi connectivity index (χ2v) is 12.6. The number of esters is 2. The number of ether oxygens (including phenoxy) is 2. The summed E-state index contributed by atoms with van der Waals surface area (Å²) in [4.78, 5) is 38.8. The van der Waals surface area contributed by atoms with Crippen molar-refractivity contribution in [2.45, 2.75) is 94.9 Å². The van der Waals surface area contributed by atoms with E-state index in [1.54, 1.807) is 19.1 Å². The van der Waals surface area contributed by atoms with E-state index in [1.165, 1.54) is 6.07 Å². The number of rotatable bonds is 3. The van der Waals surface area contributed by atoms with Crippen LogP contribution in [0.5, 0.6) is 11.5 Å². The number of fused-ring (bicyclic) bond motifs is 2. The third-order valence-electron chi connectivity index (χ3n) is 9.98. The second kappa shape index (κ2) is 12.2. The lowest BCUT2D eigenvalue weighted by Crippen LogP contribution is -2.57. The van der Waals surface area contributed by atoms with Crippen LogP contribution >= 0.6 is 0 Å². The van der Waals surface area contributed by atoms with Gasteiger partial charge in [-0.25, -0.2) is 4.79 Å². The molecule has 2 aromatic carbocycles. The van der Waals surface area contributed by atoms with Crippen molar-refractivity contribution in [3.8, 4) is 23.3 Å². The van der Waals surface area contributed by atoms with Gasteiger partial charge in [0, 0.05) is 42.4 Å². The van der Waals surface area contributed by atoms with Crippen LogP contribution in [0, 0.1) is 23.7 Å². The zero-order valence-electron chi connectivity index (χ0n) is 24.9. The molecule has 2 aliphatic carbocycles. The van der Waals surface area contributed by atoms with Gasteiger partial charge in [0.25, 0.3) is 0 Å². The highest BCUT2D eigenvalue weighted by molar-refractivity contribution is 5.89. The molecule has 0 spiro atoms. The number of aliphatic hydroxyl groups is 2. The van der Waals surface area contributed by atoms with Crippen LogP contribution in [0.3, 0.4) is 0 Å². The van der Waals surface area contributed by atoms with Gasteiger partial charge >= 0.3 is 11.9 Å². The minimum atomic E-state index is -1.39. The summed E-state index contributed by atoms with van der Waals surface area (Å²) < 4.78 is 11.7. The van der Waals surface area contributed by atoms with Gasteiger partial charge in [-0.3, -0.25) is 9.59 Å². The van der Waals surface area contributed by atoms with Crippen molar-refractivity contribution in [1.29, 1.82) is 0 Å². The van der Waals surface area contributed by atoms with Gasteiger partial charge in [0.15, 0.2) is 0 Å². The number of aliphatic hydroxyl groups excluding tert-OH is 1. The smallest absolute Gasteiger partial charge is 0.334 e. The molecule has 0 aromatic heterocycles. The molecule has 8 nitrogen and oxygen atoms in total. The van der Waals surface area contributed by atoms with Gasteiger partial charge in [-0.2, -0.15) is 0 Å². The first kappa shape index (κ1) is 30.1. The average Bonchev–Trinajstić information content (AvgIpc) is 3.01. The molecule has 2 fully saturated rings. The molecular formula is C36H38O8. The van der Waals surface area contributed by atoms with E-state index >= 15 is 0 Å². The molecule has 6 rings (SSSR count). The molecule has 8 heteroatoms. The Balaban J connectivity index is 1.47. The van der Waals surface area contributed by atoms with E-state index in [1.807, 2.05) is 24.3 Å². The minimum Gasteiger partial charge on any atom is -0.508 e. The highest BCUT2D eigenvalue weighted by Crippen LogP contribution is 2.49. The van der Waals surface area contributed by atoms with E-state index in [2.05, 4.69) is 11.8 Å². The summed E-state index contributed by atoms with van der Waals surface area (Å²) in [6.45, 7) is 1.61. The van der Waals surface area contributed by atoms with Crippen LogP contribution in [-0.4, -0.2) is 44.7 Å². The fourth-order valence-electron chi connectivity index (χ4n) is 7.64. The third-order valence-corrected chi connectivity index (χ3v) is 9.98. The van der Waals surface area contributed by atoms with Crippen molar-refractivity contribution in [2.24, 2.45) is 11.8 Å². The fourth-order valence-corrected chi connectivity index (χ4v) is 7.64. The van der Waals surface area contributed by atoms with Crippen molar-refractivity contribution < 1.29 is 39.2 Å². The first-order valence-electron chi connectivity index (χ1n) is 15.6. The molecule has 0 saturated heterocycles. The maximum atomic E-state index is 13.9. The molecule has 6 atom stereocenters. The minimum absolute atomic E-state index is 0.0111. The summed E-state index contributed by atoms with van der Waals surface area (Å²) in [5.74, 6) is 4.70. The quantitative estimate of drug-likeness (QED) is 0.199. The maximum Gasteiger partial charge on any atom is 0.334 e. The number of phenolic OH excluding ortho intramolecular Hbond substituents is 1. The van der Waals surface area contributed by atoms with Gasteiger partial charge in [-0.05, 0) is 67.2 Å². The Hall–Kier alpha value is -3.93. The Morgan fingerprint density at radius 2 is 1.84 bits per heavy atom. The van der Waals surface area contributed by atoms with Crippen LogP contribution in [0.25, 0.3) is 0 Å². The van der Waals surface area contributed by atoms with E-state index in [-0.39, 0.29) is 55.0 Å². The number of Topliss-reactive ketones (excluding diaryl/α,β-unsaturated/α-hetero) is 1. The lowest BCUT2D eigenvalue weighted by molar-refractivity contribution is -0.187. The number of benzene rings is 2. The number of phenols is 1. The molecule has 230 valence electrons. The molecule has 3 N–H and O–H groups in total. The highest BCUT2D eigenvalue weighted by atomic mass is 16.6. The fraction of sp³-hybridized carbons (Fsp3) is 0.472. The van der Waals surface area contributed by atoms with Gasteiger partial charge in [-0.1, -0.05) is 48.6 Å². The van der Waals surface area contributed by atoms with Gasteiger partial charge in [0.1, 0.15) is 29.0 Å². The van der Waals surface area contributed by atoms with Gasteiger partial charge in [0.05, 0.1) is 18.9 Å².